The van der Waals surface area contributed by atoms with Crippen molar-refractivity contribution >= 4 is 0 Å². The lowest BCUT2D eigenvalue weighted by molar-refractivity contribution is 1.23. The summed E-state index contributed by atoms with van der Waals surface area (Å²) in [4.78, 5) is 8.85. The summed E-state index contributed by atoms with van der Waals surface area (Å²) < 4.78 is 0. The Morgan fingerprint density at radius 2 is 1.58 bits per heavy atom. The fourth-order valence-electron chi connectivity index (χ4n) is 2.13. The molecule has 0 aliphatic heterocycles. The molecule has 0 radical (unpaired) electrons. The molecule has 92 valence electrons. The van der Waals surface area contributed by atoms with E-state index in [1.54, 1.807) is 6.20 Å². The first-order valence-corrected chi connectivity index (χ1v) is 6.28. The van der Waals surface area contributed by atoms with Gasteiger partial charge in [0.25, 0.3) is 0 Å². The zero-order chi connectivity index (χ0) is 13.1. The van der Waals surface area contributed by atoms with Gasteiger partial charge in [-0.3, -0.25) is 9.97 Å². The molecule has 0 aliphatic rings. The summed E-state index contributed by atoms with van der Waals surface area (Å²) >= 11 is 0. The first-order valence-electron chi connectivity index (χ1n) is 6.28. The van der Waals surface area contributed by atoms with Crippen molar-refractivity contribution in [2.75, 3.05) is 0 Å². The average molecular weight is 246 g/mol. The maximum Gasteiger partial charge on any atom is 0.0889 e. The summed E-state index contributed by atoms with van der Waals surface area (Å²) in [6.45, 7) is 2.11. The SMILES string of the molecule is Cc1cc(-c2ccccn2)ncc1-c1ccccc1. The molecular formula is C17H14N2. The van der Waals surface area contributed by atoms with Gasteiger partial charge in [0.2, 0.25) is 0 Å². The fourth-order valence-corrected chi connectivity index (χ4v) is 2.13. The lowest BCUT2D eigenvalue weighted by atomic mass is 10.0. The van der Waals surface area contributed by atoms with E-state index in [2.05, 4.69) is 35.1 Å². The van der Waals surface area contributed by atoms with Crippen LogP contribution in [0.4, 0.5) is 0 Å². The quantitative estimate of drug-likeness (QED) is 0.679. The Morgan fingerprint density at radius 3 is 2.26 bits per heavy atom. The normalized spacial score (nSPS) is 10.4. The van der Waals surface area contributed by atoms with Crippen LogP contribution in [0.25, 0.3) is 22.5 Å². The van der Waals surface area contributed by atoms with Crippen molar-refractivity contribution < 1.29 is 0 Å². The molecule has 19 heavy (non-hydrogen) atoms. The number of aromatic nitrogens is 2. The number of nitrogens with zero attached hydrogens (tertiary/aromatic N) is 2. The van der Waals surface area contributed by atoms with E-state index in [-0.39, 0.29) is 0 Å². The average Bonchev–Trinajstić information content (AvgIpc) is 2.49. The van der Waals surface area contributed by atoms with Gasteiger partial charge in [0.05, 0.1) is 11.4 Å². The van der Waals surface area contributed by atoms with Gasteiger partial charge in [-0.2, -0.15) is 0 Å². The second-order valence-corrected chi connectivity index (χ2v) is 4.47. The van der Waals surface area contributed by atoms with Crippen LogP contribution in [-0.4, -0.2) is 9.97 Å². The maximum absolute atomic E-state index is 4.52. The number of pyridine rings is 2. The molecule has 0 amide bonds. The number of aryl methyl sites for hydroxylation is 1. The van der Waals surface area contributed by atoms with Crippen LogP contribution in [-0.2, 0) is 0 Å². The molecular weight excluding hydrogens is 232 g/mol. The molecule has 3 rings (SSSR count). The monoisotopic (exact) mass is 246 g/mol. The highest BCUT2D eigenvalue weighted by Crippen LogP contribution is 2.25. The highest BCUT2D eigenvalue weighted by Gasteiger charge is 2.05. The molecule has 0 saturated carbocycles. The van der Waals surface area contributed by atoms with Crippen LogP contribution >= 0.6 is 0 Å². The van der Waals surface area contributed by atoms with Gasteiger partial charge in [0.15, 0.2) is 0 Å². The molecule has 2 heteroatoms. The molecule has 1 aromatic carbocycles. The molecule has 2 heterocycles. The van der Waals surface area contributed by atoms with E-state index in [4.69, 9.17) is 0 Å². The summed E-state index contributed by atoms with van der Waals surface area (Å²) in [7, 11) is 0. The molecule has 0 N–H and O–H groups in total. The summed E-state index contributed by atoms with van der Waals surface area (Å²) in [6.07, 6.45) is 3.71. The van der Waals surface area contributed by atoms with Gasteiger partial charge >= 0.3 is 0 Å². The minimum absolute atomic E-state index is 0.908. The van der Waals surface area contributed by atoms with E-state index in [0.29, 0.717) is 0 Å². The fraction of sp³-hybridized carbons (Fsp3) is 0.0588. The third-order valence-corrected chi connectivity index (χ3v) is 3.12. The van der Waals surface area contributed by atoms with Crippen molar-refractivity contribution in [3.8, 4) is 22.5 Å². The van der Waals surface area contributed by atoms with Gasteiger partial charge in [0.1, 0.15) is 0 Å². The van der Waals surface area contributed by atoms with Gasteiger partial charge in [-0.15, -0.1) is 0 Å². The van der Waals surface area contributed by atoms with Crippen molar-refractivity contribution in [3.63, 3.8) is 0 Å². The van der Waals surface area contributed by atoms with Crippen LogP contribution < -0.4 is 0 Å². The van der Waals surface area contributed by atoms with Gasteiger partial charge in [-0.25, -0.2) is 0 Å². The van der Waals surface area contributed by atoms with Crippen LogP contribution in [0.15, 0.2) is 67.0 Å². The van der Waals surface area contributed by atoms with Crippen LogP contribution in [0.5, 0.6) is 0 Å². The Balaban J connectivity index is 2.04. The van der Waals surface area contributed by atoms with E-state index in [1.807, 2.05) is 42.6 Å². The Labute approximate surface area is 112 Å². The van der Waals surface area contributed by atoms with Crippen molar-refractivity contribution in [1.82, 2.24) is 9.97 Å². The van der Waals surface area contributed by atoms with Crippen molar-refractivity contribution in [2.45, 2.75) is 6.92 Å². The van der Waals surface area contributed by atoms with Crippen LogP contribution in [0.3, 0.4) is 0 Å². The third kappa shape index (κ3) is 2.38. The predicted octanol–water partition coefficient (Wildman–Crippen LogP) is 4.12. The number of hydrogen-bond acceptors (Lipinski definition) is 2. The highest BCUT2D eigenvalue weighted by atomic mass is 14.8. The number of benzene rings is 1. The number of rotatable bonds is 2. The third-order valence-electron chi connectivity index (χ3n) is 3.12. The molecule has 0 aliphatic carbocycles. The van der Waals surface area contributed by atoms with Crippen LogP contribution in [0, 0.1) is 6.92 Å². The molecule has 0 bridgehead atoms. The van der Waals surface area contributed by atoms with Crippen LogP contribution in [0.1, 0.15) is 5.56 Å². The summed E-state index contributed by atoms with van der Waals surface area (Å²) in [5, 5.41) is 0. The molecule has 0 atom stereocenters. The summed E-state index contributed by atoms with van der Waals surface area (Å²) in [5.41, 5.74) is 5.39. The Bertz CT molecular complexity index is 676. The predicted molar refractivity (Wildman–Crippen MR) is 77.6 cm³/mol. The van der Waals surface area contributed by atoms with Gasteiger partial charge in [-0.1, -0.05) is 36.4 Å². The maximum atomic E-state index is 4.52. The van der Waals surface area contributed by atoms with Gasteiger partial charge in [0, 0.05) is 18.0 Å². The lowest BCUT2D eigenvalue weighted by Gasteiger charge is -2.07. The summed E-state index contributed by atoms with van der Waals surface area (Å²) in [6, 6.07) is 18.3. The molecule has 0 saturated heterocycles. The largest absolute Gasteiger partial charge is 0.255 e. The molecule has 0 unspecified atom stereocenters. The standard InChI is InChI=1S/C17H14N2/c1-13-11-17(16-9-5-6-10-18-16)19-12-15(13)14-7-3-2-4-8-14/h2-12H,1H3. The van der Waals surface area contributed by atoms with Crippen LogP contribution in [0.2, 0.25) is 0 Å². The van der Waals surface area contributed by atoms with E-state index >= 15 is 0 Å². The van der Waals surface area contributed by atoms with Crippen molar-refractivity contribution in [3.05, 3.63) is 72.6 Å². The lowest BCUT2D eigenvalue weighted by Crippen LogP contribution is -1.90. The highest BCUT2D eigenvalue weighted by molar-refractivity contribution is 5.69. The van der Waals surface area contributed by atoms with Crippen molar-refractivity contribution in [1.29, 1.82) is 0 Å². The smallest absolute Gasteiger partial charge is 0.0889 e. The van der Waals surface area contributed by atoms with E-state index in [1.165, 1.54) is 16.7 Å². The Kier molecular flexibility index (Phi) is 3.07. The first kappa shape index (κ1) is 11.6. The van der Waals surface area contributed by atoms with Crippen molar-refractivity contribution in [2.24, 2.45) is 0 Å². The van der Waals surface area contributed by atoms with E-state index < -0.39 is 0 Å². The second kappa shape index (κ2) is 5.02. The van der Waals surface area contributed by atoms with E-state index in [9.17, 15) is 0 Å². The molecule has 3 aromatic rings. The minimum atomic E-state index is 0.908. The topological polar surface area (TPSA) is 25.8 Å². The Morgan fingerprint density at radius 1 is 0.789 bits per heavy atom. The van der Waals surface area contributed by atoms with Gasteiger partial charge < -0.3 is 0 Å². The Hall–Kier alpha value is -2.48. The van der Waals surface area contributed by atoms with Gasteiger partial charge in [-0.05, 0) is 36.2 Å². The van der Waals surface area contributed by atoms with E-state index in [0.717, 1.165) is 11.4 Å². The molecule has 2 aromatic heterocycles. The first-order chi connectivity index (χ1) is 9.34. The summed E-state index contributed by atoms with van der Waals surface area (Å²) in [5.74, 6) is 0. The number of hydrogen-bond donors (Lipinski definition) is 0. The second-order valence-electron chi connectivity index (χ2n) is 4.47. The minimum Gasteiger partial charge on any atom is -0.255 e. The zero-order valence-corrected chi connectivity index (χ0v) is 10.7. The molecule has 0 spiro atoms. The molecule has 2 nitrogen and oxygen atoms in total. The molecule has 0 fully saturated rings. The zero-order valence-electron chi connectivity index (χ0n) is 10.7.